The number of carboxylic acids is 1. The van der Waals surface area contributed by atoms with Gasteiger partial charge in [0.15, 0.2) is 0 Å². The number of sulfone groups is 1. The molecule has 1 fully saturated rings. The second-order valence-electron chi connectivity index (χ2n) is 12.3. The van der Waals surface area contributed by atoms with Crippen LogP contribution in [-0.4, -0.2) is 38.0 Å². The zero-order valence-corrected chi connectivity index (χ0v) is 28.0. The van der Waals surface area contributed by atoms with Crippen molar-refractivity contribution in [3.05, 3.63) is 124 Å². The van der Waals surface area contributed by atoms with Crippen molar-refractivity contribution < 1.29 is 27.9 Å². The van der Waals surface area contributed by atoms with Crippen LogP contribution in [0.25, 0.3) is 0 Å². The number of carboxylic acid groups (broad SMARTS) is 1. The molecule has 0 radical (unpaired) electrons. The van der Waals surface area contributed by atoms with Crippen molar-refractivity contribution in [2.75, 3.05) is 11.9 Å². The molecule has 0 heterocycles. The van der Waals surface area contributed by atoms with E-state index in [2.05, 4.69) is 28.1 Å². The topological polar surface area (TPSA) is 142 Å². The lowest BCUT2D eigenvalue weighted by Crippen LogP contribution is -2.34. The molecule has 9 nitrogen and oxygen atoms in total. The van der Waals surface area contributed by atoms with Crippen molar-refractivity contribution in [3.63, 3.8) is 0 Å². The van der Waals surface area contributed by atoms with Crippen LogP contribution in [0.1, 0.15) is 88.7 Å². The summed E-state index contributed by atoms with van der Waals surface area (Å²) in [6.07, 6.45) is 5.82. The fourth-order valence-corrected chi connectivity index (χ4v) is 7.93. The summed E-state index contributed by atoms with van der Waals surface area (Å²) in [5.74, 6) is -0.891. The normalized spacial score (nSPS) is 14.1. The highest BCUT2D eigenvalue weighted by atomic mass is 32.2. The Kier molecular flexibility index (Phi) is 11.0. The zero-order chi connectivity index (χ0) is 34.3. The third-order valence-electron chi connectivity index (χ3n) is 9.00. The minimum absolute atomic E-state index is 0.00801. The van der Waals surface area contributed by atoms with Gasteiger partial charge in [-0.25, -0.2) is 13.2 Å². The number of hydrogen-bond donors (Lipinski definition) is 4. The van der Waals surface area contributed by atoms with Crippen LogP contribution in [0, 0.1) is 13.8 Å². The quantitative estimate of drug-likeness (QED) is 0.132. The molecule has 4 N–H and O–H groups in total. The Balaban J connectivity index is 1.43. The first-order chi connectivity index (χ1) is 23.0. The molecule has 1 unspecified atom stereocenters. The van der Waals surface area contributed by atoms with Crippen molar-refractivity contribution in [2.45, 2.75) is 74.1 Å². The number of nitrogens with one attached hydrogen (secondary N) is 3. The van der Waals surface area contributed by atoms with Crippen LogP contribution in [0.15, 0.2) is 101 Å². The molecule has 4 aromatic rings. The van der Waals surface area contributed by atoms with Crippen LogP contribution in [0.4, 0.5) is 10.5 Å². The highest BCUT2D eigenvalue weighted by Crippen LogP contribution is 2.35. The van der Waals surface area contributed by atoms with Crippen molar-refractivity contribution in [2.24, 2.45) is 0 Å². The summed E-state index contributed by atoms with van der Waals surface area (Å²) >= 11 is 0. The Morgan fingerprint density at radius 2 is 1.44 bits per heavy atom. The summed E-state index contributed by atoms with van der Waals surface area (Å²) < 4.78 is 27.6. The molecular weight excluding hydrogens is 627 g/mol. The minimum atomic E-state index is -3.95. The monoisotopic (exact) mass is 667 g/mol. The van der Waals surface area contributed by atoms with E-state index >= 15 is 0 Å². The third kappa shape index (κ3) is 8.12. The first kappa shape index (κ1) is 34.4. The average molecular weight is 668 g/mol. The maximum atomic E-state index is 13.8. The number of carbonyl (C=O) groups is 3. The molecule has 1 saturated carbocycles. The predicted octanol–water partition coefficient (Wildman–Crippen LogP) is 7.30. The smallest absolute Gasteiger partial charge is 0.320 e. The molecule has 5 rings (SSSR count). The van der Waals surface area contributed by atoms with Gasteiger partial charge in [-0.15, -0.1) is 0 Å². The Labute approximate surface area is 281 Å². The van der Waals surface area contributed by atoms with E-state index in [0.717, 1.165) is 24.0 Å². The summed E-state index contributed by atoms with van der Waals surface area (Å²) in [6, 6.07) is 25.2. The molecule has 3 amide bonds. The highest BCUT2D eigenvalue weighted by molar-refractivity contribution is 7.91. The van der Waals surface area contributed by atoms with E-state index in [4.69, 9.17) is 5.11 Å². The Bertz CT molecular complexity index is 1870. The average Bonchev–Trinajstić information content (AvgIpc) is 3.09. The molecule has 250 valence electrons. The van der Waals surface area contributed by atoms with Crippen LogP contribution in [-0.2, 0) is 14.6 Å². The zero-order valence-electron chi connectivity index (χ0n) is 27.2. The highest BCUT2D eigenvalue weighted by Gasteiger charge is 2.27. The lowest BCUT2D eigenvalue weighted by Gasteiger charge is -2.24. The van der Waals surface area contributed by atoms with E-state index in [1.54, 1.807) is 61.5 Å². The van der Waals surface area contributed by atoms with Crippen LogP contribution in [0.2, 0.25) is 0 Å². The lowest BCUT2D eigenvalue weighted by atomic mass is 9.83. The summed E-state index contributed by atoms with van der Waals surface area (Å²) in [5, 5.41) is 17.3. The SMILES string of the molecule is Cc1ccc(NC(=O)NC(c2ccc(C(=O)NCCC(=O)O)cc2)c2ccc(C3CCCCC3)cc2)c(S(=O)(=O)c2ccccc2)c1C. The van der Waals surface area contributed by atoms with Gasteiger partial charge in [0.2, 0.25) is 9.84 Å². The van der Waals surface area contributed by atoms with E-state index < -0.39 is 33.8 Å². The molecule has 10 heteroatoms. The number of carbonyl (C=O) groups excluding carboxylic acids is 2. The van der Waals surface area contributed by atoms with Crippen LogP contribution < -0.4 is 16.0 Å². The number of hydrogen-bond acceptors (Lipinski definition) is 5. The van der Waals surface area contributed by atoms with E-state index in [-0.39, 0.29) is 28.4 Å². The first-order valence-electron chi connectivity index (χ1n) is 16.2. The molecule has 4 aromatic carbocycles. The molecule has 1 aliphatic carbocycles. The lowest BCUT2D eigenvalue weighted by molar-refractivity contribution is -0.136. The molecule has 0 aromatic heterocycles. The van der Waals surface area contributed by atoms with Crippen LogP contribution in [0.3, 0.4) is 0 Å². The number of aryl methyl sites for hydroxylation is 1. The molecular formula is C38H41N3O6S. The van der Waals surface area contributed by atoms with E-state index in [1.807, 2.05) is 19.1 Å². The van der Waals surface area contributed by atoms with Crippen molar-refractivity contribution in [1.82, 2.24) is 10.6 Å². The number of benzene rings is 4. The van der Waals surface area contributed by atoms with Gasteiger partial charge in [0.1, 0.15) is 0 Å². The molecule has 0 saturated heterocycles. The molecule has 0 spiro atoms. The number of anilines is 1. The number of amides is 3. The first-order valence-corrected chi connectivity index (χ1v) is 17.7. The molecule has 0 aliphatic heterocycles. The largest absolute Gasteiger partial charge is 0.481 e. The number of urea groups is 1. The fourth-order valence-electron chi connectivity index (χ4n) is 6.21. The van der Waals surface area contributed by atoms with Crippen molar-refractivity contribution >= 4 is 33.4 Å². The summed E-state index contributed by atoms with van der Waals surface area (Å²) in [4.78, 5) is 37.3. The second kappa shape index (κ2) is 15.3. The molecule has 1 aliphatic rings. The molecule has 1 atom stereocenters. The summed E-state index contributed by atoms with van der Waals surface area (Å²) in [7, 11) is -3.95. The number of aliphatic carboxylic acids is 1. The maximum absolute atomic E-state index is 13.8. The Hall–Kier alpha value is -4.96. The van der Waals surface area contributed by atoms with Crippen molar-refractivity contribution in [1.29, 1.82) is 0 Å². The van der Waals surface area contributed by atoms with E-state index in [1.165, 1.54) is 37.0 Å². The molecule has 48 heavy (non-hydrogen) atoms. The van der Waals surface area contributed by atoms with Gasteiger partial charge >= 0.3 is 12.0 Å². The standard InChI is InChI=1S/C38H41N3O6S/c1-25-13-22-33(36(26(25)2)48(46,47)32-11-7-4-8-12-32)40-38(45)41-35(29-16-14-28(15-17-29)27-9-5-3-6-10-27)30-18-20-31(21-19-30)37(44)39-24-23-34(42)43/h4,7-8,11-22,27,35H,3,5-6,9-10,23-24H2,1-2H3,(H,39,44)(H,42,43)(H2,40,41,45). The molecule has 0 bridgehead atoms. The fraction of sp³-hybridized carbons (Fsp3) is 0.289. The van der Waals surface area contributed by atoms with E-state index in [9.17, 15) is 22.8 Å². The Morgan fingerprint density at radius 1 is 0.812 bits per heavy atom. The third-order valence-corrected chi connectivity index (χ3v) is 11.0. The van der Waals surface area contributed by atoms with Gasteiger partial charge in [-0.2, -0.15) is 0 Å². The van der Waals surface area contributed by atoms with Crippen molar-refractivity contribution in [3.8, 4) is 0 Å². The minimum Gasteiger partial charge on any atom is -0.481 e. The maximum Gasteiger partial charge on any atom is 0.320 e. The predicted molar refractivity (Wildman–Crippen MR) is 185 cm³/mol. The van der Waals surface area contributed by atoms with Crippen LogP contribution >= 0.6 is 0 Å². The second-order valence-corrected chi connectivity index (χ2v) is 14.1. The van der Waals surface area contributed by atoms with Gasteiger partial charge in [0, 0.05) is 12.1 Å². The van der Waals surface area contributed by atoms with Gasteiger partial charge in [0.05, 0.1) is 27.9 Å². The summed E-state index contributed by atoms with van der Waals surface area (Å²) in [5.41, 5.74) is 4.63. The van der Waals surface area contributed by atoms with Gasteiger partial charge in [-0.05, 0) is 90.8 Å². The van der Waals surface area contributed by atoms with E-state index in [0.29, 0.717) is 22.6 Å². The van der Waals surface area contributed by atoms with Crippen LogP contribution in [0.5, 0.6) is 0 Å². The van der Waals surface area contributed by atoms with Gasteiger partial charge in [-0.1, -0.05) is 79.9 Å². The van der Waals surface area contributed by atoms with Gasteiger partial charge < -0.3 is 21.1 Å². The number of rotatable bonds is 11. The Morgan fingerprint density at radius 3 is 2.06 bits per heavy atom. The van der Waals surface area contributed by atoms with Gasteiger partial charge in [0.25, 0.3) is 5.91 Å². The summed E-state index contributed by atoms with van der Waals surface area (Å²) in [6.45, 7) is 3.56. The van der Waals surface area contributed by atoms with Gasteiger partial charge in [-0.3, -0.25) is 9.59 Å².